The molecule has 3 aromatic rings. The molecule has 0 aliphatic rings. The van der Waals surface area contributed by atoms with Gasteiger partial charge in [-0.2, -0.15) is 17.6 Å². The summed E-state index contributed by atoms with van der Waals surface area (Å²) >= 11 is 3.81. The van der Waals surface area contributed by atoms with Crippen LogP contribution in [0.3, 0.4) is 0 Å². The van der Waals surface area contributed by atoms with Crippen LogP contribution in [0.1, 0.15) is 80.3 Å². The molecule has 0 aliphatic carbocycles. The Hall–Kier alpha value is -11.5. The van der Waals surface area contributed by atoms with E-state index >= 15 is 0 Å². The lowest BCUT2D eigenvalue weighted by Gasteiger charge is -2.27. The molecule has 42 heteroatoms. The molecule has 0 bridgehead atoms. The average molecular weight is 1320 g/mol. The number of aromatic nitrogens is 4. The zero-order valence-corrected chi connectivity index (χ0v) is 49.1. The van der Waals surface area contributed by atoms with Crippen LogP contribution in [-0.4, -0.2) is 213 Å². The predicted molar refractivity (Wildman–Crippen MR) is 317 cm³/mol. The fraction of sp³-hybridized carbons (Fsp3) is 0.440. The highest BCUT2D eigenvalue weighted by Crippen LogP contribution is 2.14. The lowest BCUT2D eigenvalue weighted by Crippen LogP contribution is -2.60. The molecule has 0 fully saturated rings. The number of amides is 8. The number of guanidine groups is 2. The number of aromatic amines is 1. The summed E-state index contributed by atoms with van der Waals surface area (Å²) in [5, 5.41) is 97.3. The summed E-state index contributed by atoms with van der Waals surface area (Å²) in [6, 6.07) is -10.2. The number of benzene rings is 1. The van der Waals surface area contributed by atoms with E-state index in [1.54, 1.807) is 0 Å². The molecule has 26 N–H and O–H groups in total. The van der Waals surface area contributed by atoms with E-state index in [1.807, 2.05) is 21.3 Å². The molecule has 2 aromatic heterocycles. The van der Waals surface area contributed by atoms with Gasteiger partial charge in [0.2, 0.25) is 47.3 Å². The largest absolute Gasteiger partial charge is 0.481 e. The lowest BCUT2D eigenvalue weighted by atomic mass is 10.1. The SMILES string of the molecule is N=C(N)NCCC[C@@H](NC(=O)[C@@H](CC(=O)O)NC(=O)[C@@H](CC(=O)O)NC(=O)[C@@H](CCCNC(=N)N)NC(=O)[C@@H](CC(=O)O)NC(=O)CC[C@@H](NC(=O)c1ccc(NCc2cnc3nc(N)[nH]c(=O)c3n2)cc1)C(=O)O)C(=O)NC(CC(=O)O)C(=O)N[C@H](CS)C(=O)O. The minimum Gasteiger partial charge on any atom is -0.481 e. The van der Waals surface area contributed by atoms with E-state index in [-0.39, 0.29) is 55.2 Å². The van der Waals surface area contributed by atoms with Gasteiger partial charge in [-0.3, -0.25) is 78.1 Å². The Kier molecular flexibility index (Phi) is 29.8. The number of carboxylic acids is 6. The van der Waals surface area contributed by atoms with Crippen LogP contribution in [0.4, 0.5) is 11.6 Å². The summed E-state index contributed by atoms with van der Waals surface area (Å²) in [6.07, 6.45) is -6.28. The van der Waals surface area contributed by atoms with Crippen molar-refractivity contribution in [2.24, 2.45) is 11.5 Å². The van der Waals surface area contributed by atoms with Crippen LogP contribution < -0.4 is 81.2 Å². The van der Waals surface area contributed by atoms with Crippen molar-refractivity contribution in [3.63, 3.8) is 0 Å². The van der Waals surface area contributed by atoms with Gasteiger partial charge in [-0.05, 0) is 56.4 Å². The second kappa shape index (κ2) is 36.7. The lowest BCUT2D eigenvalue weighted by molar-refractivity contribution is -0.144. The van der Waals surface area contributed by atoms with E-state index < -0.39 is 206 Å². The quantitative estimate of drug-likeness (QED) is 0.0109. The summed E-state index contributed by atoms with van der Waals surface area (Å²) < 4.78 is 0. The Morgan fingerprint density at radius 3 is 1.34 bits per heavy atom. The number of nitrogens with one attached hydrogen (secondary N) is 14. The Labute approximate surface area is 523 Å². The molecule has 92 heavy (non-hydrogen) atoms. The van der Waals surface area contributed by atoms with Gasteiger partial charge in [-0.1, -0.05) is 0 Å². The van der Waals surface area contributed by atoms with E-state index in [1.165, 1.54) is 30.5 Å². The Morgan fingerprint density at radius 2 is 0.935 bits per heavy atom. The number of nitrogens with zero attached hydrogens (tertiary/aromatic N) is 3. The zero-order valence-electron chi connectivity index (χ0n) is 48.2. The number of hydrogen-bond donors (Lipinski definition) is 24. The number of rotatable bonds is 40. The summed E-state index contributed by atoms with van der Waals surface area (Å²) in [5.74, 6) is -22.4. The molecule has 8 amide bonds. The van der Waals surface area contributed by atoms with E-state index in [2.05, 4.69) is 69.8 Å². The number of carbonyl (C=O) groups is 14. The first kappa shape index (κ1) is 74.8. The fourth-order valence-electron chi connectivity index (χ4n) is 7.98. The number of carboxylic acid groups (broad SMARTS) is 6. The van der Waals surface area contributed by atoms with Crippen LogP contribution in [0.25, 0.3) is 11.2 Å². The van der Waals surface area contributed by atoms with E-state index in [0.717, 1.165) is 0 Å². The van der Waals surface area contributed by atoms with Crippen LogP contribution in [0.5, 0.6) is 0 Å². The minimum absolute atomic E-state index is 0.0213. The van der Waals surface area contributed by atoms with Crippen LogP contribution in [0.15, 0.2) is 35.3 Å². The van der Waals surface area contributed by atoms with Gasteiger partial charge in [0.1, 0.15) is 48.3 Å². The number of H-pyrrole nitrogens is 1. The molecule has 41 nitrogen and oxygen atoms in total. The molecular weight excluding hydrogens is 1250 g/mol. The Morgan fingerprint density at radius 1 is 0.533 bits per heavy atom. The first-order chi connectivity index (χ1) is 43.3. The molecule has 1 unspecified atom stereocenters. The van der Waals surface area contributed by atoms with Crippen molar-refractivity contribution in [2.75, 3.05) is 29.9 Å². The number of aliphatic carboxylic acids is 6. The number of fused-ring (bicyclic) bond motifs is 1. The standard InChI is InChI=1S/C50H68N20O21S/c51-48(52)56-11-1-3-23(62-41(83)26(13-32(72)73)61-31(71)10-9-25(46(88)89)64-38(80)20-5-7-21(8-6-20)58-17-22-18-59-37-36(60-22)45(87)70-50(55)69-37)39(81)65-28(15-34(76)77)43(85)67-27(14-33(74)75)42(84)63-24(4-2-12-57-49(53)54)40(82)66-29(16-35(78)79)44(86)68-30(19-92)47(90)91/h5-8,18,23-30,58,92H,1-4,9-17,19H2,(H,61,71)(H,62,83)(H,63,84)(H,64,80)(H,65,81)(H,66,82)(H,67,85)(H,68,86)(H,72,73)(H,74,75)(H,76,77)(H,78,79)(H,88,89)(H,90,91)(H4,51,52,56)(H4,53,54,57)(H3,55,59,69,70,87)/t23-,24-,25-,26-,27-,28-,29?,30-/m1/s1. The van der Waals surface area contributed by atoms with Gasteiger partial charge in [0.25, 0.3) is 11.5 Å². The minimum atomic E-state index is -2.26. The van der Waals surface area contributed by atoms with Crippen LogP contribution in [0.2, 0.25) is 0 Å². The van der Waals surface area contributed by atoms with Gasteiger partial charge in [-0.15, -0.1) is 0 Å². The molecule has 3 rings (SSSR count). The highest BCUT2D eigenvalue weighted by Gasteiger charge is 2.36. The zero-order chi connectivity index (χ0) is 68.9. The van der Waals surface area contributed by atoms with Gasteiger partial charge in [0.05, 0.1) is 44.1 Å². The third kappa shape index (κ3) is 26.5. The second-order valence-corrected chi connectivity index (χ2v) is 20.0. The van der Waals surface area contributed by atoms with E-state index in [9.17, 15) is 103 Å². The number of thiol groups is 1. The van der Waals surface area contributed by atoms with Crippen molar-refractivity contribution in [3.8, 4) is 0 Å². The third-order valence-electron chi connectivity index (χ3n) is 12.5. The smallest absolute Gasteiger partial charge is 0.327 e. The molecule has 0 aliphatic heterocycles. The van der Waals surface area contributed by atoms with Crippen LogP contribution >= 0.6 is 12.6 Å². The molecule has 2 heterocycles. The van der Waals surface area contributed by atoms with Gasteiger partial charge >= 0.3 is 35.8 Å². The first-order valence-corrected chi connectivity index (χ1v) is 27.8. The maximum Gasteiger partial charge on any atom is 0.327 e. The number of hydrogen-bond acceptors (Lipinski definition) is 23. The molecule has 500 valence electrons. The van der Waals surface area contributed by atoms with Gasteiger partial charge in [0.15, 0.2) is 23.1 Å². The van der Waals surface area contributed by atoms with E-state index in [4.69, 9.17) is 28.0 Å². The van der Waals surface area contributed by atoms with Crippen LogP contribution in [0, 0.1) is 10.8 Å². The second-order valence-electron chi connectivity index (χ2n) is 19.7. The number of nitrogens with two attached hydrogens (primary N) is 3. The summed E-state index contributed by atoms with van der Waals surface area (Å²) in [6.45, 7) is -0.273. The number of anilines is 2. The maximum absolute atomic E-state index is 14.0. The molecule has 8 atom stereocenters. The van der Waals surface area contributed by atoms with Crippen molar-refractivity contribution in [2.45, 2.75) is 119 Å². The molecular formula is C50H68N20O21S. The van der Waals surface area contributed by atoms with Crippen LogP contribution in [-0.2, 0) is 68.9 Å². The fourth-order valence-corrected chi connectivity index (χ4v) is 8.23. The number of nitrogen functional groups attached to an aromatic ring is 1. The number of carbonyl (C=O) groups excluding carboxylic acids is 8. The van der Waals surface area contributed by atoms with Crippen molar-refractivity contribution in [1.82, 2.24) is 73.1 Å². The predicted octanol–water partition coefficient (Wildman–Crippen LogP) is -7.30. The molecule has 0 spiro atoms. The topological polar surface area (TPSA) is 690 Å². The first-order valence-electron chi connectivity index (χ1n) is 27.1. The van der Waals surface area contributed by atoms with Gasteiger partial charge in [0, 0.05) is 36.5 Å². The van der Waals surface area contributed by atoms with Gasteiger partial charge in [-0.25, -0.2) is 19.6 Å². The Balaban J connectivity index is 1.80. The van der Waals surface area contributed by atoms with E-state index in [0.29, 0.717) is 11.4 Å². The maximum atomic E-state index is 14.0. The van der Waals surface area contributed by atoms with Gasteiger partial charge < -0.3 is 106 Å². The summed E-state index contributed by atoms with van der Waals surface area (Å²) in [4.78, 5) is 207. The molecule has 0 saturated heterocycles. The van der Waals surface area contributed by atoms with Crippen molar-refractivity contribution in [1.29, 1.82) is 10.8 Å². The molecule has 1 aromatic carbocycles. The van der Waals surface area contributed by atoms with Crippen molar-refractivity contribution >= 4 is 130 Å². The highest BCUT2D eigenvalue weighted by atomic mass is 32.1. The molecule has 0 saturated carbocycles. The average Bonchev–Trinajstić information content (AvgIpc) is 1.86. The summed E-state index contributed by atoms with van der Waals surface area (Å²) in [7, 11) is 0. The van der Waals surface area contributed by atoms with Crippen molar-refractivity contribution in [3.05, 3.63) is 52.1 Å². The monoisotopic (exact) mass is 1320 g/mol. The highest BCUT2D eigenvalue weighted by molar-refractivity contribution is 7.80. The Bertz CT molecular complexity index is 3340. The third-order valence-corrected chi connectivity index (χ3v) is 12.8. The van der Waals surface area contributed by atoms with Crippen molar-refractivity contribution < 1.29 is 97.8 Å². The molecule has 0 radical (unpaired) electrons. The normalized spacial score (nSPS) is 13.4. The summed E-state index contributed by atoms with van der Waals surface area (Å²) in [5.41, 5.74) is 16.3.